The first-order chi connectivity index (χ1) is 13.6. The van der Waals surface area contributed by atoms with Gasteiger partial charge < -0.3 is 14.8 Å². The summed E-state index contributed by atoms with van der Waals surface area (Å²) in [6, 6.07) is 19.7. The smallest absolute Gasteiger partial charge is 0.161 e. The molecule has 3 nitrogen and oxygen atoms in total. The number of nitrogens with one attached hydrogen (secondary N) is 1. The van der Waals surface area contributed by atoms with E-state index in [9.17, 15) is 0 Å². The molecule has 0 spiro atoms. The summed E-state index contributed by atoms with van der Waals surface area (Å²) in [6.45, 7) is 5.55. The quantitative estimate of drug-likeness (QED) is 0.434. The Morgan fingerprint density at radius 3 is 2.25 bits per heavy atom. The molecule has 3 aromatic carbocycles. The molecule has 0 amide bonds. The van der Waals surface area contributed by atoms with Crippen LogP contribution in [0.5, 0.6) is 11.5 Å². The maximum atomic E-state index is 6.23. The Labute approximate surface area is 176 Å². The third kappa shape index (κ3) is 5.34. The van der Waals surface area contributed by atoms with Crippen molar-refractivity contribution in [2.45, 2.75) is 27.0 Å². The maximum absolute atomic E-state index is 6.23. The molecule has 0 fully saturated rings. The summed E-state index contributed by atoms with van der Waals surface area (Å²) >= 11 is 12.5. The van der Waals surface area contributed by atoms with Crippen LogP contribution in [-0.2, 0) is 13.2 Å². The topological polar surface area (TPSA) is 30.5 Å². The minimum atomic E-state index is 0.277. The van der Waals surface area contributed by atoms with Crippen LogP contribution >= 0.6 is 23.2 Å². The summed E-state index contributed by atoms with van der Waals surface area (Å²) in [7, 11) is 0. The molecule has 3 rings (SSSR count). The molecule has 0 saturated carbocycles. The Balaban J connectivity index is 1.70. The fourth-order valence-corrected chi connectivity index (χ4v) is 3.25. The van der Waals surface area contributed by atoms with E-state index in [1.54, 1.807) is 12.1 Å². The Bertz CT molecular complexity index is 906. The lowest BCUT2D eigenvalue weighted by atomic mass is 10.1. The van der Waals surface area contributed by atoms with Gasteiger partial charge in [-0.2, -0.15) is 0 Å². The number of anilines is 1. The number of hydrogen-bond donors (Lipinski definition) is 1. The minimum Gasteiger partial charge on any atom is -0.490 e. The molecule has 1 N–H and O–H groups in total. The van der Waals surface area contributed by atoms with E-state index >= 15 is 0 Å². The van der Waals surface area contributed by atoms with Gasteiger partial charge >= 0.3 is 0 Å². The molecule has 0 aliphatic heterocycles. The molecule has 0 heterocycles. The zero-order chi connectivity index (χ0) is 19.9. The second kappa shape index (κ2) is 9.72. The second-order valence-electron chi connectivity index (χ2n) is 6.42. The van der Waals surface area contributed by atoms with Gasteiger partial charge in [-0.15, -0.1) is 0 Å². The lowest BCUT2D eigenvalue weighted by Crippen LogP contribution is -2.03. The molecule has 3 aromatic rings. The zero-order valence-corrected chi connectivity index (χ0v) is 17.5. The van der Waals surface area contributed by atoms with Crippen molar-refractivity contribution in [2.24, 2.45) is 0 Å². The van der Waals surface area contributed by atoms with E-state index in [-0.39, 0.29) is 6.61 Å². The highest BCUT2D eigenvalue weighted by atomic mass is 35.5. The van der Waals surface area contributed by atoms with Crippen LogP contribution in [0.1, 0.15) is 23.6 Å². The molecule has 0 aromatic heterocycles. The van der Waals surface area contributed by atoms with E-state index in [0.29, 0.717) is 34.7 Å². The van der Waals surface area contributed by atoms with Gasteiger partial charge in [-0.1, -0.05) is 53.0 Å². The third-order valence-corrected chi connectivity index (χ3v) is 5.00. The highest BCUT2D eigenvalue weighted by Crippen LogP contribution is 2.32. The van der Waals surface area contributed by atoms with Gasteiger partial charge in [-0.3, -0.25) is 0 Å². The molecule has 0 radical (unpaired) electrons. The SMILES string of the molecule is CCOc1cc(CNc2ccc(C)cc2)ccc1OCc1c(Cl)cccc1Cl. The molecule has 146 valence electrons. The molecule has 0 atom stereocenters. The Hall–Kier alpha value is -2.36. The van der Waals surface area contributed by atoms with Crippen LogP contribution < -0.4 is 14.8 Å². The van der Waals surface area contributed by atoms with Crippen molar-refractivity contribution in [1.82, 2.24) is 0 Å². The Kier molecular flexibility index (Phi) is 7.07. The molecule has 0 aliphatic carbocycles. The van der Waals surface area contributed by atoms with Gasteiger partial charge in [0.2, 0.25) is 0 Å². The zero-order valence-electron chi connectivity index (χ0n) is 16.0. The monoisotopic (exact) mass is 415 g/mol. The maximum Gasteiger partial charge on any atom is 0.161 e. The molecule has 0 saturated heterocycles. The second-order valence-corrected chi connectivity index (χ2v) is 7.24. The van der Waals surface area contributed by atoms with E-state index < -0.39 is 0 Å². The van der Waals surface area contributed by atoms with Crippen molar-refractivity contribution in [3.63, 3.8) is 0 Å². The number of halogens is 2. The first-order valence-electron chi connectivity index (χ1n) is 9.18. The molecule has 5 heteroatoms. The van der Waals surface area contributed by atoms with Crippen molar-refractivity contribution in [3.8, 4) is 11.5 Å². The van der Waals surface area contributed by atoms with Crippen LogP contribution in [0.4, 0.5) is 5.69 Å². The van der Waals surface area contributed by atoms with Gasteiger partial charge in [0.15, 0.2) is 11.5 Å². The van der Waals surface area contributed by atoms with Crippen LogP contribution in [0.25, 0.3) is 0 Å². The van der Waals surface area contributed by atoms with Crippen molar-refractivity contribution < 1.29 is 9.47 Å². The van der Waals surface area contributed by atoms with Crippen LogP contribution in [0, 0.1) is 6.92 Å². The molecule has 0 unspecified atom stereocenters. The van der Waals surface area contributed by atoms with E-state index in [2.05, 4.69) is 36.5 Å². The summed E-state index contributed by atoms with van der Waals surface area (Å²) in [5.74, 6) is 1.37. The van der Waals surface area contributed by atoms with E-state index in [1.165, 1.54) is 5.56 Å². The Morgan fingerprint density at radius 1 is 0.857 bits per heavy atom. The predicted molar refractivity (Wildman–Crippen MR) is 117 cm³/mol. The largest absolute Gasteiger partial charge is 0.490 e. The van der Waals surface area contributed by atoms with Gasteiger partial charge in [-0.05, 0) is 55.8 Å². The van der Waals surface area contributed by atoms with E-state index in [4.69, 9.17) is 32.7 Å². The number of ether oxygens (including phenoxy) is 2. The average Bonchev–Trinajstić information content (AvgIpc) is 2.68. The highest BCUT2D eigenvalue weighted by molar-refractivity contribution is 6.35. The average molecular weight is 416 g/mol. The summed E-state index contributed by atoms with van der Waals surface area (Å²) in [4.78, 5) is 0. The summed E-state index contributed by atoms with van der Waals surface area (Å²) < 4.78 is 11.7. The molecule has 0 bridgehead atoms. The van der Waals surface area contributed by atoms with Crippen LogP contribution in [-0.4, -0.2) is 6.61 Å². The molecular weight excluding hydrogens is 393 g/mol. The van der Waals surface area contributed by atoms with Crippen LogP contribution in [0.15, 0.2) is 60.7 Å². The normalized spacial score (nSPS) is 10.6. The third-order valence-electron chi connectivity index (χ3n) is 4.29. The van der Waals surface area contributed by atoms with Gasteiger partial charge in [-0.25, -0.2) is 0 Å². The van der Waals surface area contributed by atoms with Gasteiger partial charge in [0.25, 0.3) is 0 Å². The molecule has 0 aliphatic rings. The van der Waals surface area contributed by atoms with Crippen molar-refractivity contribution in [2.75, 3.05) is 11.9 Å². The van der Waals surface area contributed by atoms with Crippen molar-refractivity contribution >= 4 is 28.9 Å². The summed E-state index contributed by atoms with van der Waals surface area (Å²) in [5, 5.41) is 4.59. The van der Waals surface area contributed by atoms with Crippen molar-refractivity contribution in [3.05, 3.63) is 87.4 Å². The van der Waals surface area contributed by atoms with Crippen LogP contribution in [0.3, 0.4) is 0 Å². The van der Waals surface area contributed by atoms with Gasteiger partial charge in [0.1, 0.15) is 6.61 Å². The lowest BCUT2D eigenvalue weighted by Gasteiger charge is -2.15. The number of hydrogen-bond acceptors (Lipinski definition) is 3. The van der Waals surface area contributed by atoms with E-state index in [0.717, 1.165) is 16.8 Å². The fourth-order valence-electron chi connectivity index (χ4n) is 2.75. The summed E-state index contributed by atoms with van der Waals surface area (Å²) in [5.41, 5.74) is 4.19. The lowest BCUT2D eigenvalue weighted by molar-refractivity contribution is 0.269. The first kappa shape index (κ1) is 20.4. The minimum absolute atomic E-state index is 0.277. The Morgan fingerprint density at radius 2 is 1.57 bits per heavy atom. The number of aryl methyl sites for hydroxylation is 1. The van der Waals surface area contributed by atoms with E-state index in [1.807, 2.05) is 31.2 Å². The summed E-state index contributed by atoms with van der Waals surface area (Å²) in [6.07, 6.45) is 0. The molecular formula is C23H23Cl2NO2. The number of benzene rings is 3. The predicted octanol–water partition coefficient (Wildman–Crippen LogP) is 6.89. The first-order valence-corrected chi connectivity index (χ1v) is 9.94. The van der Waals surface area contributed by atoms with Gasteiger partial charge in [0, 0.05) is 27.8 Å². The molecule has 28 heavy (non-hydrogen) atoms. The standard InChI is InChI=1S/C23H23Cl2NO2/c1-3-27-23-13-17(14-26-18-10-7-16(2)8-11-18)9-12-22(23)28-15-19-20(24)5-4-6-21(19)25/h4-13,26H,3,14-15H2,1-2H3. The van der Waals surface area contributed by atoms with Crippen LogP contribution in [0.2, 0.25) is 10.0 Å². The fraction of sp³-hybridized carbons (Fsp3) is 0.217. The van der Waals surface area contributed by atoms with Gasteiger partial charge in [0.05, 0.1) is 6.61 Å². The number of rotatable bonds is 8. The highest BCUT2D eigenvalue weighted by Gasteiger charge is 2.10. The van der Waals surface area contributed by atoms with Crippen molar-refractivity contribution in [1.29, 1.82) is 0 Å².